The molecule has 1 amide bonds. The number of amides is 1. The van der Waals surface area contributed by atoms with Crippen LogP contribution in [0.3, 0.4) is 0 Å². The average Bonchev–Trinajstić information content (AvgIpc) is 3.57. The number of hydrogen-bond donors (Lipinski definition) is 2. The number of anilines is 1. The molecule has 13 nitrogen and oxygen atoms in total. The van der Waals surface area contributed by atoms with Crippen LogP contribution >= 0.6 is 11.6 Å². The van der Waals surface area contributed by atoms with Crippen molar-refractivity contribution in [2.24, 2.45) is 5.10 Å². The highest BCUT2D eigenvalue weighted by molar-refractivity contribution is 6.30. The van der Waals surface area contributed by atoms with Crippen molar-refractivity contribution in [2.45, 2.75) is 20.1 Å². The third kappa shape index (κ3) is 6.39. The summed E-state index contributed by atoms with van der Waals surface area (Å²) in [6, 6.07) is 14.9. The second kappa shape index (κ2) is 12.0. The Kier molecular flexibility index (Phi) is 8.10. The van der Waals surface area contributed by atoms with Gasteiger partial charge in [0.05, 0.1) is 18.9 Å². The summed E-state index contributed by atoms with van der Waals surface area (Å²) in [5.41, 5.74) is 11.4. The average molecular weight is 552 g/mol. The van der Waals surface area contributed by atoms with Crippen LogP contribution in [0.15, 0.2) is 58.3 Å². The summed E-state index contributed by atoms with van der Waals surface area (Å²) in [5, 5.41) is 20.6. The van der Waals surface area contributed by atoms with Gasteiger partial charge in [0.25, 0.3) is 5.91 Å². The van der Waals surface area contributed by atoms with Crippen LogP contribution in [-0.2, 0) is 17.9 Å². The van der Waals surface area contributed by atoms with Gasteiger partial charge in [0, 0.05) is 24.7 Å². The number of aromatic nitrogens is 5. The second-order valence-electron chi connectivity index (χ2n) is 8.74. The number of morpholine rings is 1. The third-order valence-electron chi connectivity index (χ3n) is 6.04. The monoisotopic (exact) mass is 551 g/mol. The third-order valence-corrected chi connectivity index (χ3v) is 6.30. The number of rotatable bonds is 9. The molecule has 4 aromatic rings. The van der Waals surface area contributed by atoms with Gasteiger partial charge in [-0.05, 0) is 64.8 Å². The minimum Gasteiger partial charge on any atom is -0.489 e. The summed E-state index contributed by atoms with van der Waals surface area (Å²) >= 11 is 5.93. The molecular weight excluding hydrogens is 526 g/mol. The van der Waals surface area contributed by atoms with Crippen LogP contribution in [0.5, 0.6) is 5.75 Å². The summed E-state index contributed by atoms with van der Waals surface area (Å²) < 4.78 is 17.1. The predicted octanol–water partition coefficient (Wildman–Crippen LogP) is 2.45. The Balaban J connectivity index is 1.28. The van der Waals surface area contributed by atoms with E-state index >= 15 is 0 Å². The first-order valence-corrected chi connectivity index (χ1v) is 12.5. The van der Waals surface area contributed by atoms with Crippen molar-refractivity contribution in [2.75, 3.05) is 32.0 Å². The van der Waals surface area contributed by atoms with Crippen molar-refractivity contribution in [1.82, 2.24) is 35.6 Å². The van der Waals surface area contributed by atoms with Crippen LogP contribution in [-0.4, -0.2) is 68.1 Å². The standard InChI is InChI=1S/C25H26ClN9O4/c1-16(18-4-8-20(9-5-18)38-15-17-2-6-19(26)7-3-17)28-30-25(36)22-21(14-34-10-12-37-13-11-34)29-33-35(22)24-23(27)31-39-32-24/h2-9H,10-15H2,1H3,(H2,27,31)(H,30,36)/b28-16-. The molecule has 0 unspecified atom stereocenters. The van der Waals surface area contributed by atoms with Gasteiger partial charge < -0.3 is 15.2 Å². The van der Waals surface area contributed by atoms with Gasteiger partial charge in [-0.15, -0.1) is 5.10 Å². The van der Waals surface area contributed by atoms with Crippen molar-refractivity contribution < 1.29 is 18.9 Å². The molecule has 1 aliphatic rings. The molecule has 2 aromatic heterocycles. The van der Waals surface area contributed by atoms with Crippen molar-refractivity contribution in [3.63, 3.8) is 0 Å². The molecule has 1 aliphatic heterocycles. The van der Waals surface area contributed by atoms with Crippen molar-refractivity contribution in [3.05, 3.63) is 76.1 Å². The minimum absolute atomic E-state index is 0.0232. The summed E-state index contributed by atoms with van der Waals surface area (Å²) in [6.07, 6.45) is 0. The summed E-state index contributed by atoms with van der Waals surface area (Å²) in [5.74, 6) is 0.209. The number of nitrogens with one attached hydrogen (secondary N) is 1. The molecule has 14 heteroatoms. The number of benzene rings is 2. The van der Waals surface area contributed by atoms with Gasteiger partial charge in [0.15, 0.2) is 5.69 Å². The van der Waals surface area contributed by atoms with Gasteiger partial charge in [-0.3, -0.25) is 9.69 Å². The Labute approximate surface area is 228 Å². The Morgan fingerprint density at radius 2 is 1.87 bits per heavy atom. The van der Waals surface area contributed by atoms with Crippen LogP contribution < -0.4 is 15.9 Å². The van der Waals surface area contributed by atoms with E-state index in [1.54, 1.807) is 6.92 Å². The van der Waals surface area contributed by atoms with Crippen LogP contribution in [0.25, 0.3) is 5.82 Å². The molecule has 0 spiro atoms. The Morgan fingerprint density at radius 3 is 2.56 bits per heavy atom. The first-order valence-electron chi connectivity index (χ1n) is 12.1. The van der Waals surface area contributed by atoms with Gasteiger partial charge in [-0.2, -0.15) is 9.78 Å². The fourth-order valence-electron chi connectivity index (χ4n) is 3.90. The van der Waals surface area contributed by atoms with Crippen molar-refractivity contribution >= 4 is 29.0 Å². The second-order valence-corrected chi connectivity index (χ2v) is 9.17. The lowest BCUT2D eigenvalue weighted by atomic mass is 10.1. The highest BCUT2D eigenvalue weighted by atomic mass is 35.5. The Morgan fingerprint density at radius 1 is 1.13 bits per heavy atom. The van der Waals surface area contributed by atoms with Gasteiger partial charge in [-0.25, -0.2) is 10.1 Å². The molecule has 3 N–H and O–H groups in total. The lowest BCUT2D eigenvalue weighted by molar-refractivity contribution is 0.0335. The van der Waals surface area contributed by atoms with Crippen LogP contribution in [0.2, 0.25) is 5.02 Å². The number of nitrogens with zero attached hydrogens (tertiary/aromatic N) is 7. The van der Waals surface area contributed by atoms with Crippen LogP contribution in [0, 0.1) is 0 Å². The first-order chi connectivity index (χ1) is 19.0. The van der Waals surface area contributed by atoms with E-state index in [0.29, 0.717) is 61.6 Å². The van der Waals surface area contributed by atoms with E-state index in [0.717, 1.165) is 11.1 Å². The van der Waals surface area contributed by atoms with Gasteiger partial charge in [-0.1, -0.05) is 28.9 Å². The molecule has 0 aliphatic carbocycles. The smallest absolute Gasteiger partial charge is 0.292 e. The number of nitrogens with two attached hydrogens (primary N) is 1. The maximum absolute atomic E-state index is 13.3. The predicted molar refractivity (Wildman–Crippen MR) is 142 cm³/mol. The Bertz CT molecular complexity index is 1450. The maximum atomic E-state index is 13.3. The largest absolute Gasteiger partial charge is 0.489 e. The van der Waals surface area contributed by atoms with E-state index in [2.05, 4.69) is 36.1 Å². The number of hydrazone groups is 1. The summed E-state index contributed by atoms with van der Waals surface area (Å²) in [4.78, 5) is 15.4. The molecule has 0 atom stereocenters. The molecule has 0 bridgehead atoms. The topological polar surface area (TPSA) is 159 Å². The van der Waals surface area contributed by atoms with Crippen LogP contribution in [0.4, 0.5) is 5.82 Å². The lowest BCUT2D eigenvalue weighted by Gasteiger charge is -2.25. The molecule has 39 heavy (non-hydrogen) atoms. The van der Waals surface area contributed by atoms with E-state index in [9.17, 15) is 4.79 Å². The number of hydrogen-bond acceptors (Lipinski definition) is 11. The SMILES string of the molecule is C/C(=N/NC(=O)c1c(CN2CCOCC2)nnn1-c1nonc1N)c1ccc(OCc2ccc(Cl)cc2)cc1. The quantitative estimate of drug-likeness (QED) is 0.234. The molecule has 2 aromatic carbocycles. The molecule has 0 saturated carbocycles. The molecule has 0 radical (unpaired) electrons. The number of carbonyl (C=O) groups is 1. The molecular formula is C25H26ClN9O4. The van der Waals surface area contributed by atoms with Gasteiger partial charge >= 0.3 is 0 Å². The molecule has 202 valence electrons. The highest BCUT2D eigenvalue weighted by Gasteiger charge is 2.26. The summed E-state index contributed by atoms with van der Waals surface area (Å²) in [7, 11) is 0. The minimum atomic E-state index is -0.534. The number of halogens is 1. The first kappa shape index (κ1) is 26.3. The fraction of sp³-hybridized carbons (Fsp3) is 0.280. The molecule has 1 saturated heterocycles. The summed E-state index contributed by atoms with van der Waals surface area (Å²) in [6.45, 7) is 5.20. The van der Waals surface area contributed by atoms with E-state index in [4.69, 9.17) is 31.4 Å². The van der Waals surface area contributed by atoms with Crippen LogP contribution in [0.1, 0.15) is 34.2 Å². The van der Waals surface area contributed by atoms with E-state index in [-0.39, 0.29) is 17.3 Å². The van der Waals surface area contributed by atoms with E-state index in [1.807, 2.05) is 48.5 Å². The van der Waals surface area contributed by atoms with Crippen molar-refractivity contribution in [1.29, 1.82) is 0 Å². The lowest BCUT2D eigenvalue weighted by Crippen LogP contribution is -2.36. The number of carbonyl (C=O) groups excluding carboxylic acids is 1. The highest BCUT2D eigenvalue weighted by Crippen LogP contribution is 2.19. The zero-order chi connectivity index (χ0) is 27.2. The molecule has 5 rings (SSSR count). The fourth-order valence-corrected chi connectivity index (χ4v) is 4.02. The van der Waals surface area contributed by atoms with Gasteiger partial charge in [0.2, 0.25) is 11.6 Å². The normalized spacial score (nSPS) is 14.4. The molecule has 1 fully saturated rings. The Hall–Kier alpha value is -4.33. The maximum Gasteiger partial charge on any atom is 0.292 e. The van der Waals surface area contributed by atoms with Gasteiger partial charge in [0.1, 0.15) is 18.1 Å². The molecule has 3 heterocycles. The van der Waals surface area contributed by atoms with E-state index in [1.165, 1.54) is 4.68 Å². The van der Waals surface area contributed by atoms with E-state index < -0.39 is 5.91 Å². The number of ether oxygens (including phenoxy) is 2. The number of nitrogen functional groups attached to an aromatic ring is 1. The van der Waals surface area contributed by atoms with Crippen molar-refractivity contribution in [3.8, 4) is 11.6 Å². The zero-order valence-corrected chi connectivity index (χ0v) is 21.8. The zero-order valence-electron chi connectivity index (χ0n) is 21.1.